The van der Waals surface area contributed by atoms with E-state index in [1.54, 1.807) is 0 Å². The van der Waals surface area contributed by atoms with Crippen molar-refractivity contribution in [2.45, 2.75) is 6.18 Å². The van der Waals surface area contributed by atoms with Crippen molar-refractivity contribution in [2.24, 2.45) is 0 Å². The number of hydrogen-bond donors (Lipinski definition) is 2. The van der Waals surface area contributed by atoms with Crippen molar-refractivity contribution in [2.75, 3.05) is 5.32 Å². The zero-order valence-electron chi connectivity index (χ0n) is 8.69. The highest BCUT2D eigenvalue weighted by molar-refractivity contribution is 6.02. The fourth-order valence-electron chi connectivity index (χ4n) is 1.14. The Balaban J connectivity index is 2.09. The van der Waals surface area contributed by atoms with E-state index in [9.17, 15) is 18.0 Å². The highest BCUT2D eigenvalue weighted by Crippen LogP contribution is 2.27. The number of aromatic nitrogens is 4. The second kappa shape index (κ2) is 4.43. The Kier molecular flexibility index (Phi) is 2.96. The highest BCUT2D eigenvalue weighted by atomic mass is 19.4. The number of nitrogens with zero attached hydrogens (tertiary/aromatic N) is 3. The highest BCUT2D eigenvalue weighted by Gasteiger charge is 2.32. The number of rotatable bonds is 2. The van der Waals surface area contributed by atoms with Crippen molar-refractivity contribution >= 4 is 11.6 Å². The fraction of sp³-hybridized carbons (Fsp3) is 0.111. The van der Waals surface area contributed by atoms with Gasteiger partial charge in [0.25, 0.3) is 5.91 Å². The van der Waals surface area contributed by atoms with E-state index < -0.39 is 17.8 Å². The van der Waals surface area contributed by atoms with E-state index in [1.165, 1.54) is 6.20 Å². The zero-order chi connectivity index (χ0) is 13.2. The molecule has 2 rings (SSSR count). The van der Waals surface area contributed by atoms with Crippen LogP contribution in [0.3, 0.4) is 0 Å². The van der Waals surface area contributed by atoms with Gasteiger partial charge in [-0.1, -0.05) is 0 Å². The van der Waals surface area contributed by atoms with Crippen LogP contribution >= 0.6 is 0 Å². The first-order valence-electron chi connectivity index (χ1n) is 4.67. The molecule has 94 valence electrons. The molecule has 1 amide bonds. The van der Waals surface area contributed by atoms with Crippen LogP contribution in [0.1, 0.15) is 16.2 Å². The molecule has 0 aromatic carbocycles. The monoisotopic (exact) mass is 257 g/mol. The van der Waals surface area contributed by atoms with Crippen LogP contribution in [0.25, 0.3) is 0 Å². The van der Waals surface area contributed by atoms with E-state index in [1.807, 2.05) is 0 Å². The summed E-state index contributed by atoms with van der Waals surface area (Å²) in [5.74, 6) is -0.592. The maximum absolute atomic E-state index is 12.2. The van der Waals surface area contributed by atoms with E-state index >= 15 is 0 Å². The molecule has 0 aliphatic rings. The first kappa shape index (κ1) is 12.0. The lowest BCUT2D eigenvalue weighted by molar-refractivity contribution is -0.141. The average Bonchev–Trinajstić information content (AvgIpc) is 2.82. The van der Waals surface area contributed by atoms with Gasteiger partial charge < -0.3 is 5.32 Å². The molecule has 0 spiro atoms. The maximum Gasteiger partial charge on any atom is 0.433 e. The number of carbonyl (C=O) groups excluding carboxylic acids is 1. The largest absolute Gasteiger partial charge is 0.433 e. The third-order valence-electron chi connectivity index (χ3n) is 1.96. The summed E-state index contributed by atoms with van der Waals surface area (Å²) in [6.45, 7) is 0. The molecule has 2 N–H and O–H groups in total. The van der Waals surface area contributed by atoms with Crippen molar-refractivity contribution in [3.05, 3.63) is 35.9 Å². The molecule has 0 saturated carbocycles. The van der Waals surface area contributed by atoms with E-state index in [0.29, 0.717) is 0 Å². The molecule has 18 heavy (non-hydrogen) atoms. The third-order valence-corrected chi connectivity index (χ3v) is 1.96. The molecule has 9 heteroatoms. The number of hydrogen-bond acceptors (Lipinski definition) is 4. The summed E-state index contributed by atoms with van der Waals surface area (Å²) in [5, 5.41) is 11.5. The minimum absolute atomic E-state index is 0.0231. The van der Waals surface area contributed by atoms with Crippen molar-refractivity contribution in [3.8, 4) is 0 Å². The molecule has 0 atom stereocenters. The Bertz CT molecular complexity index is 534. The van der Waals surface area contributed by atoms with Gasteiger partial charge in [-0.3, -0.25) is 4.79 Å². The summed E-state index contributed by atoms with van der Waals surface area (Å²) in [5.41, 5.74) is -0.868. The van der Waals surface area contributed by atoms with Crippen LogP contribution in [0.15, 0.2) is 24.5 Å². The Morgan fingerprint density at radius 1 is 1.28 bits per heavy atom. The van der Waals surface area contributed by atoms with Crippen LogP contribution in [0.5, 0.6) is 0 Å². The van der Waals surface area contributed by atoms with Crippen molar-refractivity contribution in [3.63, 3.8) is 0 Å². The topological polar surface area (TPSA) is 83.6 Å². The second-order valence-electron chi connectivity index (χ2n) is 3.24. The minimum Gasteiger partial charge on any atom is -0.319 e. The smallest absolute Gasteiger partial charge is 0.319 e. The predicted octanol–water partition coefficient (Wildman–Crippen LogP) is 1.47. The molecule has 2 heterocycles. The van der Waals surface area contributed by atoms with E-state index in [-0.39, 0.29) is 11.4 Å². The Labute approximate surface area is 98.2 Å². The summed E-state index contributed by atoms with van der Waals surface area (Å²) in [4.78, 5) is 14.7. The normalized spacial score (nSPS) is 11.3. The molecular weight excluding hydrogens is 251 g/mol. The summed E-state index contributed by atoms with van der Waals surface area (Å²) >= 11 is 0. The quantitative estimate of drug-likeness (QED) is 0.853. The zero-order valence-corrected chi connectivity index (χ0v) is 8.69. The molecule has 0 aliphatic carbocycles. The minimum atomic E-state index is -4.51. The van der Waals surface area contributed by atoms with E-state index in [0.717, 1.165) is 18.3 Å². The van der Waals surface area contributed by atoms with E-state index in [4.69, 9.17) is 0 Å². The van der Waals surface area contributed by atoms with Crippen LogP contribution in [0.2, 0.25) is 0 Å². The van der Waals surface area contributed by atoms with Crippen LogP contribution in [-0.2, 0) is 6.18 Å². The average molecular weight is 257 g/mol. The second-order valence-corrected chi connectivity index (χ2v) is 3.24. The third kappa shape index (κ3) is 2.62. The summed E-state index contributed by atoms with van der Waals surface area (Å²) in [7, 11) is 0. The maximum atomic E-state index is 12.2. The molecular formula is C9H6F3N5O. The van der Waals surface area contributed by atoms with Crippen LogP contribution in [-0.4, -0.2) is 26.3 Å². The standard InChI is InChI=1S/C9H6F3N5O/c10-9(11,12)7-2-1-5(3-13-7)15-8(18)6-4-14-17-16-6/h1-4H,(H,15,18)(H,14,16,17). The molecule has 0 bridgehead atoms. The summed E-state index contributed by atoms with van der Waals surface area (Å²) in [6.07, 6.45) is -2.40. The van der Waals surface area contributed by atoms with E-state index in [2.05, 4.69) is 25.7 Å². The van der Waals surface area contributed by atoms with Crippen LogP contribution in [0.4, 0.5) is 18.9 Å². The van der Waals surface area contributed by atoms with Crippen LogP contribution < -0.4 is 5.32 Å². The summed E-state index contributed by atoms with van der Waals surface area (Å²) in [6, 6.07) is 1.88. The molecule has 0 radical (unpaired) electrons. The van der Waals surface area contributed by atoms with Gasteiger partial charge in [-0.2, -0.15) is 28.6 Å². The number of carbonyl (C=O) groups is 1. The SMILES string of the molecule is O=C(Nc1ccc(C(F)(F)F)nc1)c1cn[nH]n1. The number of halogens is 3. The lowest BCUT2D eigenvalue weighted by Crippen LogP contribution is -2.13. The predicted molar refractivity (Wildman–Crippen MR) is 53.6 cm³/mol. The van der Waals surface area contributed by atoms with Crippen LogP contribution in [0, 0.1) is 0 Å². The Hall–Kier alpha value is -2.45. The number of anilines is 1. The first-order chi connectivity index (χ1) is 8.47. The molecule has 0 unspecified atom stereocenters. The van der Waals surface area contributed by atoms with Gasteiger partial charge >= 0.3 is 6.18 Å². The lowest BCUT2D eigenvalue weighted by Gasteiger charge is -2.06. The number of nitrogens with one attached hydrogen (secondary N) is 2. The molecule has 6 nitrogen and oxygen atoms in total. The molecule has 0 aliphatic heterocycles. The first-order valence-corrected chi connectivity index (χ1v) is 4.67. The van der Waals surface area contributed by atoms with Gasteiger partial charge in [-0.25, -0.2) is 4.98 Å². The van der Waals surface area contributed by atoms with Gasteiger partial charge in [-0.15, -0.1) is 0 Å². The number of H-pyrrole nitrogens is 1. The van der Waals surface area contributed by atoms with Gasteiger partial charge in [0, 0.05) is 0 Å². The molecule has 2 aromatic heterocycles. The Morgan fingerprint density at radius 2 is 2.06 bits per heavy atom. The molecule has 0 fully saturated rings. The number of alkyl halides is 3. The number of aromatic amines is 1. The van der Waals surface area contributed by atoms with Crippen molar-refractivity contribution < 1.29 is 18.0 Å². The molecule has 2 aromatic rings. The number of pyridine rings is 1. The molecule has 0 saturated heterocycles. The Morgan fingerprint density at radius 3 is 2.56 bits per heavy atom. The summed E-state index contributed by atoms with van der Waals surface area (Å²) < 4.78 is 36.7. The van der Waals surface area contributed by atoms with Crippen molar-refractivity contribution in [1.29, 1.82) is 0 Å². The van der Waals surface area contributed by atoms with Gasteiger partial charge in [0.1, 0.15) is 5.69 Å². The van der Waals surface area contributed by atoms with Gasteiger partial charge in [-0.05, 0) is 12.1 Å². The van der Waals surface area contributed by atoms with Gasteiger partial charge in [0.05, 0.1) is 18.1 Å². The lowest BCUT2D eigenvalue weighted by atomic mass is 10.3. The fourth-order valence-corrected chi connectivity index (χ4v) is 1.14. The van der Waals surface area contributed by atoms with Crippen molar-refractivity contribution in [1.82, 2.24) is 20.4 Å². The number of amides is 1. The van der Waals surface area contributed by atoms with Gasteiger partial charge in [0.2, 0.25) is 0 Å². The van der Waals surface area contributed by atoms with Gasteiger partial charge in [0.15, 0.2) is 5.69 Å².